The number of nitrogens with zero attached hydrogens (tertiary/aromatic N) is 1. The number of hydrogen-bond acceptors (Lipinski definition) is 4. The van der Waals surface area contributed by atoms with Gasteiger partial charge in [-0.05, 0) is 31.5 Å². The summed E-state index contributed by atoms with van der Waals surface area (Å²) >= 11 is 6.15. The van der Waals surface area contributed by atoms with Crippen molar-refractivity contribution < 1.29 is 9.53 Å². The largest absolute Gasteiger partial charge is 0.493 e. The lowest BCUT2D eigenvalue weighted by atomic mass is 10.0. The molecule has 1 aromatic rings. The average Bonchev–Trinajstić information content (AvgIpc) is 2.49. The van der Waals surface area contributed by atoms with Crippen LogP contribution in [0.25, 0.3) is 0 Å². The van der Waals surface area contributed by atoms with Crippen LogP contribution in [0.15, 0.2) is 12.1 Å². The van der Waals surface area contributed by atoms with E-state index < -0.39 is 0 Å². The number of benzene rings is 1. The van der Waals surface area contributed by atoms with Crippen LogP contribution in [0, 0.1) is 6.92 Å². The first-order valence-corrected chi connectivity index (χ1v) is 7.89. The van der Waals surface area contributed by atoms with Gasteiger partial charge in [0.05, 0.1) is 12.2 Å². The van der Waals surface area contributed by atoms with Gasteiger partial charge in [-0.25, -0.2) is 0 Å². The summed E-state index contributed by atoms with van der Waals surface area (Å²) in [6.45, 7) is 9.15. The zero-order valence-electron chi connectivity index (χ0n) is 12.7. The monoisotopic (exact) mass is 310 g/mol. The minimum atomic E-state index is 0.0962. The van der Waals surface area contributed by atoms with Crippen LogP contribution in [0.2, 0.25) is 5.02 Å². The van der Waals surface area contributed by atoms with E-state index >= 15 is 0 Å². The van der Waals surface area contributed by atoms with Crippen LogP contribution in [0.3, 0.4) is 0 Å². The van der Waals surface area contributed by atoms with Crippen LogP contribution < -0.4 is 10.1 Å². The number of ketones is 1. The molecule has 5 heteroatoms. The molecule has 0 unspecified atom stereocenters. The molecule has 1 aliphatic heterocycles. The van der Waals surface area contributed by atoms with Gasteiger partial charge >= 0.3 is 0 Å². The Balaban J connectivity index is 2.04. The van der Waals surface area contributed by atoms with E-state index in [0.717, 1.165) is 38.3 Å². The molecule has 0 bridgehead atoms. The fourth-order valence-electron chi connectivity index (χ4n) is 2.48. The summed E-state index contributed by atoms with van der Waals surface area (Å²) in [5.74, 6) is 0.739. The number of carbonyl (C=O) groups is 1. The number of aryl methyl sites for hydroxylation is 1. The topological polar surface area (TPSA) is 41.6 Å². The Morgan fingerprint density at radius 1 is 1.38 bits per heavy atom. The lowest BCUT2D eigenvalue weighted by Crippen LogP contribution is -2.44. The zero-order chi connectivity index (χ0) is 15.2. The van der Waals surface area contributed by atoms with Crippen LogP contribution in [0.1, 0.15) is 29.3 Å². The fourth-order valence-corrected chi connectivity index (χ4v) is 2.64. The minimum Gasteiger partial charge on any atom is -0.493 e. The highest BCUT2D eigenvalue weighted by Crippen LogP contribution is 2.28. The molecule has 1 N–H and O–H groups in total. The van der Waals surface area contributed by atoms with Crippen LogP contribution in [-0.2, 0) is 0 Å². The third kappa shape index (κ3) is 4.43. The van der Waals surface area contributed by atoms with Crippen molar-refractivity contribution in [3.05, 3.63) is 28.3 Å². The summed E-state index contributed by atoms with van der Waals surface area (Å²) in [6.07, 6.45) is 0.499. The smallest absolute Gasteiger partial charge is 0.167 e. The van der Waals surface area contributed by atoms with Gasteiger partial charge in [-0.2, -0.15) is 0 Å². The van der Waals surface area contributed by atoms with E-state index in [1.54, 1.807) is 6.07 Å². The van der Waals surface area contributed by atoms with Gasteiger partial charge in [0.1, 0.15) is 5.75 Å². The molecule has 1 fully saturated rings. The molecular formula is C16H23ClN2O2. The first kappa shape index (κ1) is 16.3. The Morgan fingerprint density at radius 3 is 2.76 bits per heavy atom. The van der Waals surface area contributed by atoms with Gasteiger partial charge in [-0.1, -0.05) is 11.6 Å². The van der Waals surface area contributed by atoms with Gasteiger partial charge in [0.15, 0.2) is 5.78 Å². The first-order valence-electron chi connectivity index (χ1n) is 7.51. The number of ether oxygens (including phenoxy) is 1. The third-order valence-corrected chi connectivity index (χ3v) is 4.13. The molecule has 1 aromatic carbocycles. The van der Waals surface area contributed by atoms with Crippen molar-refractivity contribution in [2.24, 2.45) is 0 Å². The molecule has 21 heavy (non-hydrogen) atoms. The minimum absolute atomic E-state index is 0.0962. The number of hydrogen-bond donors (Lipinski definition) is 1. The summed E-state index contributed by atoms with van der Waals surface area (Å²) in [5, 5.41) is 3.92. The van der Waals surface area contributed by atoms with Crippen LogP contribution in [0.4, 0.5) is 0 Å². The summed E-state index contributed by atoms with van der Waals surface area (Å²) in [6, 6.07) is 3.59. The highest BCUT2D eigenvalue weighted by atomic mass is 35.5. The average molecular weight is 311 g/mol. The molecule has 1 heterocycles. The Hall–Kier alpha value is -1.10. The van der Waals surface area contributed by atoms with E-state index in [4.69, 9.17) is 16.3 Å². The van der Waals surface area contributed by atoms with E-state index in [1.807, 2.05) is 19.9 Å². The standard InChI is InChI=1S/C16H23ClN2O2/c1-3-21-16-10-12(2)14(17)11-13(16)15(20)4-7-19-8-5-18-6-9-19/h10-11,18H,3-9H2,1-2H3. The molecule has 2 rings (SSSR count). The van der Waals surface area contributed by atoms with E-state index in [9.17, 15) is 4.79 Å². The van der Waals surface area contributed by atoms with Crippen molar-refractivity contribution in [3.8, 4) is 5.75 Å². The molecule has 0 aliphatic carbocycles. The van der Waals surface area contributed by atoms with Crippen molar-refractivity contribution in [3.63, 3.8) is 0 Å². The number of nitrogens with one attached hydrogen (secondary N) is 1. The van der Waals surface area contributed by atoms with E-state index in [1.165, 1.54) is 0 Å². The molecule has 4 nitrogen and oxygen atoms in total. The molecule has 0 spiro atoms. The maximum absolute atomic E-state index is 12.5. The summed E-state index contributed by atoms with van der Waals surface area (Å²) < 4.78 is 5.58. The Bertz CT molecular complexity index is 499. The second-order valence-corrected chi connectivity index (χ2v) is 5.70. The van der Waals surface area contributed by atoms with Crippen LogP contribution >= 0.6 is 11.6 Å². The molecule has 1 aliphatic rings. The number of rotatable bonds is 6. The molecule has 0 aromatic heterocycles. The molecule has 0 atom stereocenters. The van der Waals surface area contributed by atoms with E-state index in [0.29, 0.717) is 29.4 Å². The normalized spacial score (nSPS) is 16.0. The zero-order valence-corrected chi connectivity index (χ0v) is 13.5. The Kier molecular flexibility index (Phi) is 6.03. The summed E-state index contributed by atoms with van der Waals surface area (Å²) in [7, 11) is 0. The predicted molar refractivity (Wildman–Crippen MR) is 85.6 cm³/mol. The SMILES string of the molecule is CCOc1cc(C)c(Cl)cc1C(=O)CCN1CCNCC1. The highest BCUT2D eigenvalue weighted by molar-refractivity contribution is 6.31. The molecule has 116 valence electrons. The number of halogens is 1. The Labute approximate surface area is 131 Å². The van der Waals surface area contributed by atoms with Crippen LogP contribution in [0.5, 0.6) is 5.75 Å². The summed E-state index contributed by atoms with van der Waals surface area (Å²) in [5.41, 5.74) is 1.53. The number of piperazine rings is 1. The van der Waals surface area contributed by atoms with Crippen molar-refractivity contribution in [2.45, 2.75) is 20.3 Å². The lowest BCUT2D eigenvalue weighted by molar-refractivity contribution is 0.0957. The van der Waals surface area contributed by atoms with Crippen LogP contribution in [-0.4, -0.2) is 50.0 Å². The van der Waals surface area contributed by atoms with E-state index in [-0.39, 0.29) is 5.78 Å². The van der Waals surface area contributed by atoms with Gasteiger partial charge in [0.2, 0.25) is 0 Å². The van der Waals surface area contributed by atoms with Crippen molar-refractivity contribution in [1.29, 1.82) is 0 Å². The lowest BCUT2D eigenvalue weighted by Gasteiger charge is -2.26. The highest BCUT2D eigenvalue weighted by Gasteiger charge is 2.17. The van der Waals surface area contributed by atoms with Gasteiger partial charge in [0.25, 0.3) is 0 Å². The Morgan fingerprint density at radius 2 is 2.10 bits per heavy atom. The fraction of sp³-hybridized carbons (Fsp3) is 0.562. The second-order valence-electron chi connectivity index (χ2n) is 5.30. The number of carbonyl (C=O) groups excluding carboxylic acids is 1. The van der Waals surface area contributed by atoms with Crippen molar-refractivity contribution >= 4 is 17.4 Å². The predicted octanol–water partition coefficient (Wildman–Crippen LogP) is 2.53. The molecule has 0 radical (unpaired) electrons. The maximum Gasteiger partial charge on any atom is 0.167 e. The van der Waals surface area contributed by atoms with Gasteiger partial charge in [0, 0.05) is 44.2 Å². The molecular weight excluding hydrogens is 288 g/mol. The van der Waals surface area contributed by atoms with Crippen molar-refractivity contribution in [2.75, 3.05) is 39.3 Å². The molecule has 1 saturated heterocycles. The van der Waals surface area contributed by atoms with Crippen molar-refractivity contribution in [1.82, 2.24) is 10.2 Å². The third-order valence-electron chi connectivity index (χ3n) is 3.73. The van der Waals surface area contributed by atoms with Gasteiger partial charge in [-0.15, -0.1) is 0 Å². The molecule has 0 saturated carbocycles. The number of Topliss-reactive ketones (excluding diaryl/α,β-unsaturated/α-hetero) is 1. The quantitative estimate of drug-likeness (QED) is 0.820. The van der Waals surface area contributed by atoms with E-state index in [2.05, 4.69) is 10.2 Å². The second kappa shape index (κ2) is 7.78. The summed E-state index contributed by atoms with van der Waals surface area (Å²) in [4.78, 5) is 14.8. The van der Waals surface area contributed by atoms with Gasteiger partial charge in [-0.3, -0.25) is 4.79 Å². The maximum atomic E-state index is 12.5. The van der Waals surface area contributed by atoms with Gasteiger partial charge < -0.3 is 15.0 Å². The molecule has 0 amide bonds. The first-order chi connectivity index (χ1) is 10.1.